The van der Waals surface area contributed by atoms with Crippen molar-refractivity contribution in [2.45, 2.75) is 30.6 Å². The molecule has 3 nitrogen and oxygen atoms in total. The van der Waals surface area contributed by atoms with E-state index in [1.54, 1.807) is 36.4 Å². The molecule has 0 spiro atoms. The van der Waals surface area contributed by atoms with Crippen molar-refractivity contribution in [1.82, 2.24) is 0 Å². The molecule has 0 bridgehead atoms. The number of ketones is 1. The smallest absolute Gasteiger partial charge is 0.178 e. The summed E-state index contributed by atoms with van der Waals surface area (Å²) in [6, 6.07) is 8.47. The van der Waals surface area contributed by atoms with Gasteiger partial charge in [-0.3, -0.25) is 4.79 Å². The Kier molecular flexibility index (Phi) is 4.76. The van der Waals surface area contributed by atoms with Gasteiger partial charge in [-0.25, -0.2) is 8.42 Å². The standard InChI is InChI=1S/C16H20O3S/c1-2-7-15-13(8-6-11-16(15)17)12-20(18,19)14-9-4-3-5-10-14/h2-5,9-10,13,15H,1,6-8,11-12H2. The average Bonchev–Trinajstić information content (AvgIpc) is 2.43. The van der Waals surface area contributed by atoms with E-state index in [1.807, 2.05) is 0 Å². The fourth-order valence-electron chi connectivity index (χ4n) is 2.90. The van der Waals surface area contributed by atoms with E-state index in [0.29, 0.717) is 17.7 Å². The van der Waals surface area contributed by atoms with E-state index in [4.69, 9.17) is 0 Å². The molecule has 2 rings (SSSR count). The summed E-state index contributed by atoms with van der Waals surface area (Å²) in [5, 5.41) is 0. The maximum atomic E-state index is 12.4. The predicted octanol–water partition coefficient (Wildman–Crippen LogP) is 3.02. The maximum Gasteiger partial charge on any atom is 0.178 e. The number of rotatable bonds is 5. The number of benzene rings is 1. The fraction of sp³-hybridized carbons (Fsp3) is 0.438. The normalized spacial score (nSPS) is 23.5. The van der Waals surface area contributed by atoms with Gasteiger partial charge in [0, 0.05) is 12.3 Å². The number of sulfone groups is 1. The van der Waals surface area contributed by atoms with Gasteiger partial charge < -0.3 is 0 Å². The lowest BCUT2D eigenvalue weighted by molar-refractivity contribution is -0.126. The van der Waals surface area contributed by atoms with Crippen molar-refractivity contribution < 1.29 is 13.2 Å². The molecule has 0 aromatic heterocycles. The Morgan fingerprint density at radius 1 is 1.25 bits per heavy atom. The molecular formula is C16H20O3S. The van der Waals surface area contributed by atoms with Crippen LogP contribution in [0.2, 0.25) is 0 Å². The lowest BCUT2D eigenvalue weighted by atomic mass is 9.77. The number of Topliss-reactive ketones (excluding diaryl/α,β-unsaturated/α-hetero) is 1. The molecule has 0 aliphatic heterocycles. The molecule has 0 saturated heterocycles. The van der Waals surface area contributed by atoms with Crippen molar-refractivity contribution >= 4 is 15.6 Å². The van der Waals surface area contributed by atoms with Crippen LogP contribution < -0.4 is 0 Å². The zero-order valence-electron chi connectivity index (χ0n) is 11.5. The molecule has 1 aliphatic carbocycles. The van der Waals surface area contributed by atoms with E-state index in [2.05, 4.69) is 6.58 Å². The quantitative estimate of drug-likeness (QED) is 0.784. The fourth-order valence-corrected chi connectivity index (χ4v) is 4.62. The predicted molar refractivity (Wildman–Crippen MR) is 79.1 cm³/mol. The summed E-state index contributed by atoms with van der Waals surface area (Å²) in [6.07, 6.45) is 4.46. The molecule has 0 heterocycles. The number of allylic oxidation sites excluding steroid dienone is 1. The molecule has 1 saturated carbocycles. The van der Waals surface area contributed by atoms with Crippen LogP contribution in [0, 0.1) is 11.8 Å². The highest BCUT2D eigenvalue weighted by atomic mass is 32.2. The van der Waals surface area contributed by atoms with E-state index in [0.717, 1.165) is 12.8 Å². The summed E-state index contributed by atoms with van der Waals surface area (Å²) in [7, 11) is -3.32. The molecule has 1 aromatic carbocycles. The van der Waals surface area contributed by atoms with Crippen molar-refractivity contribution in [2.24, 2.45) is 11.8 Å². The van der Waals surface area contributed by atoms with Gasteiger partial charge in [0.25, 0.3) is 0 Å². The summed E-state index contributed by atoms with van der Waals surface area (Å²) in [5.74, 6) is -0.0232. The Labute approximate surface area is 120 Å². The van der Waals surface area contributed by atoms with Crippen LogP contribution in [0.15, 0.2) is 47.9 Å². The van der Waals surface area contributed by atoms with Gasteiger partial charge >= 0.3 is 0 Å². The van der Waals surface area contributed by atoms with Crippen molar-refractivity contribution in [3.05, 3.63) is 43.0 Å². The highest BCUT2D eigenvalue weighted by molar-refractivity contribution is 7.91. The Balaban J connectivity index is 2.19. The van der Waals surface area contributed by atoms with Gasteiger partial charge in [0.15, 0.2) is 9.84 Å². The molecule has 1 aliphatic rings. The molecule has 108 valence electrons. The van der Waals surface area contributed by atoms with Crippen LogP contribution in [-0.2, 0) is 14.6 Å². The topological polar surface area (TPSA) is 51.2 Å². The summed E-state index contributed by atoms with van der Waals surface area (Å²) in [5.41, 5.74) is 0. The van der Waals surface area contributed by atoms with Gasteiger partial charge in [0.05, 0.1) is 10.6 Å². The zero-order valence-corrected chi connectivity index (χ0v) is 12.3. The van der Waals surface area contributed by atoms with E-state index in [1.165, 1.54) is 0 Å². The number of carbonyl (C=O) groups excluding carboxylic acids is 1. The summed E-state index contributed by atoms with van der Waals surface area (Å²) in [4.78, 5) is 12.3. The Hall–Kier alpha value is -1.42. The van der Waals surface area contributed by atoms with Crippen LogP contribution in [0.5, 0.6) is 0 Å². The zero-order chi connectivity index (χ0) is 14.6. The van der Waals surface area contributed by atoms with E-state index in [9.17, 15) is 13.2 Å². The summed E-state index contributed by atoms with van der Waals surface area (Å²) in [6.45, 7) is 3.68. The third-order valence-electron chi connectivity index (χ3n) is 3.94. The molecule has 0 radical (unpaired) electrons. The second-order valence-corrected chi connectivity index (χ2v) is 7.38. The summed E-state index contributed by atoms with van der Waals surface area (Å²) < 4.78 is 24.8. The van der Waals surface area contributed by atoms with Crippen LogP contribution in [0.3, 0.4) is 0 Å². The van der Waals surface area contributed by atoms with E-state index in [-0.39, 0.29) is 23.4 Å². The van der Waals surface area contributed by atoms with Gasteiger partial charge in [0.1, 0.15) is 5.78 Å². The van der Waals surface area contributed by atoms with Gasteiger partial charge in [-0.05, 0) is 37.3 Å². The maximum absolute atomic E-state index is 12.4. The molecule has 4 heteroatoms. The first-order valence-corrected chi connectivity index (χ1v) is 8.61. The minimum Gasteiger partial charge on any atom is -0.299 e. The highest BCUT2D eigenvalue weighted by Gasteiger charge is 2.34. The van der Waals surface area contributed by atoms with Gasteiger partial charge in [-0.15, -0.1) is 6.58 Å². The van der Waals surface area contributed by atoms with Crippen LogP contribution in [0.25, 0.3) is 0 Å². The molecule has 0 N–H and O–H groups in total. The Morgan fingerprint density at radius 2 is 1.95 bits per heavy atom. The second kappa shape index (κ2) is 6.35. The third-order valence-corrected chi connectivity index (χ3v) is 5.79. The monoisotopic (exact) mass is 292 g/mol. The molecule has 2 unspecified atom stereocenters. The van der Waals surface area contributed by atoms with Gasteiger partial charge in [-0.1, -0.05) is 24.3 Å². The number of hydrogen-bond acceptors (Lipinski definition) is 3. The van der Waals surface area contributed by atoms with Gasteiger partial charge in [0.2, 0.25) is 0 Å². The molecule has 0 amide bonds. The largest absolute Gasteiger partial charge is 0.299 e. The SMILES string of the molecule is C=CCC1C(=O)CCCC1CS(=O)(=O)c1ccccc1. The first-order chi connectivity index (χ1) is 9.54. The van der Waals surface area contributed by atoms with Crippen LogP contribution in [0.4, 0.5) is 0 Å². The lowest BCUT2D eigenvalue weighted by Gasteiger charge is -2.29. The average molecular weight is 292 g/mol. The molecular weight excluding hydrogens is 272 g/mol. The van der Waals surface area contributed by atoms with E-state index >= 15 is 0 Å². The Morgan fingerprint density at radius 3 is 2.60 bits per heavy atom. The first-order valence-electron chi connectivity index (χ1n) is 6.96. The van der Waals surface area contributed by atoms with Crippen LogP contribution >= 0.6 is 0 Å². The lowest BCUT2D eigenvalue weighted by Crippen LogP contribution is -2.33. The third kappa shape index (κ3) is 3.37. The first kappa shape index (κ1) is 15.0. The minimum atomic E-state index is -3.32. The van der Waals surface area contributed by atoms with Crippen molar-refractivity contribution in [1.29, 1.82) is 0 Å². The van der Waals surface area contributed by atoms with Crippen molar-refractivity contribution in [2.75, 3.05) is 5.75 Å². The second-order valence-electron chi connectivity index (χ2n) is 5.34. The van der Waals surface area contributed by atoms with Crippen LogP contribution in [0.1, 0.15) is 25.7 Å². The van der Waals surface area contributed by atoms with Crippen LogP contribution in [-0.4, -0.2) is 20.0 Å². The van der Waals surface area contributed by atoms with E-state index < -0.39 is 9.84 Å². The van der Waals surface area contributed by atoms with Crippen molar-refractivity contribution in [3.63, 3.8) is 0 Å². The van der Waals surface area contributed by atoms with Crippen molar-refractivity contribution in [3.8, 4) is 0 Å². The van der Waals surface area contributed by atoms with Gasteiger partial charge in [-0.2, -0.15) is 0 Å². The number of carbonyl (C=O) groups is 1. The Bertz CT molecular complexity index is 575. The number of hydrogen-bond donors (Lipinski definition) is 0. The molecule has 20 heavy (non-hydrogen) atoms. The summed E-state index contributed by atoms with van der Waals surface area (Å²) >= 11 is 0. The molecule has 1 fully saturated rings. The highest BCUT2D eigenvalue weighted by Crippen LogP contribution is 2.32. The molecule has 2 atom stereocenters. The molecule has 1 aromatic rings. The minimum absolute atomic E-state index is 0.0568.